The molecule has 1 aromatic heterocycles. The Morgan fingerprint density at radius 3 is 2.71 bits per heavy atom. The Morgan fingerprint density at radius 1 is 1.14 bits per heavy atom. The van der Waals surface area contributed by atoms with Gasteiger partial charge in [-0.15, -0.1) is 11.8 Å². The zero-order valence-electron chi connectivity index (χ0n) is 21.1. The van der Waals surface area contributed by atoms with Crippen molar-refractivity contribution in [1.82, 2.24) is 15.2 Å². The number of rotatable bonds is 7. The molecule has 188 valence electrons. The Hall–Kier alpha value is -2.58. The largest absolute Gasteiger partial charge is 0.352 e. The van der Waals surface area contributed by atoms with Gasteiger partial charge in [0.05, 0.1) is 5.69 Å². The fraction of sp³-hybridized carbons (Fsp3) is 0.519. The molecule has 35 heavy (non-hydrogen) atoms. The molecule has 3 amide bonds. The van der Waals surface area contributed by atoms with Gasteiger partial charge in [0.25, 0.3) is 5.91 Å². The Kier molecular flexibility index (Phi) is 8.68. The maximum absolute atomic E-state index is 13.0. The standard InChI is InChI=1S/C27H37N5O2S/c1-4-23-8-5-6-14-31(23)15-7-13-28-25(33)21-9-11-22(12-10-21)30-27(34)32-16-17-35-26-24(32)19(2)18-20(3)29-26/h9-12,18,23H,4-8,13-17H2,1-3H3,(H,28,33)(H,30,34). The van der Waals surface area contributed by atoms with E-state index in [1.165, 1.54) is 32.2 Å². The van der Waals surface area contributed by atoms with Crippen molar-refractivity contribution in [3.8, 4) is 0 Å². The molecular weight excluding hydrogens is 458 g/mol. The lowest BCUT2D eigenvalue weighted by molar-refractivity contribution is 0.0947. The Labute approximate surface area is 213 Å². The van der Waals surface area contributed by atoms with Gasteiger partial charge in [-0.3, -0.25) is 9.69 Å². The van der Waals surface area contributed by atoms with Gasteiger partial charge in [-0.25, -0.2) is 9.78 Å². The number of fused-ring (bicyclic) bond motifs is 1. The van der Waals surface area contributed by atoms with Crippen molar-refractivity contribution >= 4 is 35.1 Å². The predicted octanol–water partition coefficient (Wildman–Crippen LogP) is 5.23. The molecule has 1 unspecified atom stereocenters. The van der Waals surface area contributed by atoms with Crippen LogP contribution in [0.15, 0.2) is 35.4 Å². The number of benzene rings is 1. The van der Waals surface area contributed by atoms with E-state index < -0.39 is 0 Å². The number of urea groups is 1. The summed E-state index contributed by atoms with van der Waals surface area (Å²) < 4.78 is 0. The molecule has 3 heterocycles. The second kappa shape index (κ2) is 11.9. The van der Waals surface area contributed by atoms with Crippen molar-refractivity contribution in [2.75, 3.05) is 42.1 Å². The summed E-state index contributed by atoms with van der Waals surface area (Å²) in [6.07, 6.45) is 6.08. The van der Waals surface area contributed by atoms with Gasteiger partial charge in [-0.05, 0) is 82.0 Å². The molecule has 1 fully saturated rings. The van der Waals surface area contributed by atoms with Crippen LogP contribution in [0.2, 0.25) is 0 Å². The number of pyridine rings is 1. The molecule has 1 saturated heterocycles. The molecule has 2 aromatic rings. The Bertz CT molecular complexity index is 1040. The van der Waals surface area contributed by atoms with Crippen LogP contribution in [0.3, 0.4) is 0 Å². The topological polar surface area (TPSA) is 77.6 Å². The zero-order chi connectivity index (χ0) is 24.8. The van der Waals surface area contributed by atoms with Gasteiger partial charge in [0.15, 0.2) is 0 Å². The van der Waals surface area contributed by atoms with Crippen LogP contribution in [0.4, 0.5) is 16.2 Å². The van der Waals surface area contributed by atoms with Gasteiger partial charge >= 0.3 is 6.03 Å². The van der Waals surface area contributed by atoms with Crippen molar-refractivity contribution in [3.63, 3.8) is 0 Å². The van der Waals surface area contributed by atoms with E-state index in [9.17, 15) is 9.59 Å². The highest BCUT2D eigenvalue weighted by molar-refractivity contribution is 7.99. The molecule has 7 nitrogen and oxygen atoms in total. The summed E-state index contributed by atoms with van der Waals surface area (Å²) >= 11 is 1.69. The van der Waals surface area contributed by atoms with Crippen LogP contribution in [-0.4, -0.2) is 59.8 Å². The number of piperidine rings is 1. The number of amides is 3. The minimum atomic E-state index is -0.180. The molecule has 0 aliphatic carbocycles. The van der Waals surface area contributed by atoms with E-state index in [1.807, 2.05) is 19.9 Å². The monoisotopic (exact) mass is 495 g/mol. The second-order valence-corrected chi connectivity index (χ2v) is 10.5. The molecule has 0 bridgehead atoms. The third-order valence-electron chi connectivity index (χ3n) is 6.87. The average Bonchev–Trinajstić information content (AvgIpc) is 2.86. The number of thioether (sulfide) groups is 1. The fourth-order valence-electron chi connectivity index (χ4n) is 5.07. The highest BCUT2D eigenvalue weighted by Crippen LogP contribution is 2.36. The molecule has 1 aromatic carbocycles. The number of aryl methyl sites for hydroxylation is 2. The summed E-state index contributed by atoms with van der Waals surface area (Å²) in [4.78, 5) is 34.5. The van der Waals surface area contributed by atoms with E-state index in [4.69, 9.17) is 0 Å². The minimum Gasteiger partial charge on any atom is -0.352 e. The van der Waals surface area contributed by atoms with Gasteiger partial charge < -0.3 is 15.5 Å². The molecule has 2 N–H and O–H groups in total. The third kappa shape index (κ3) is 6.35. The van der Waals surface area contributed by atoms with Crippen LogP contribution in [0, 0.1) is 13.8 Å². The smallest absolute Gasteiger partial charge is 0.326 e. The SMILES string of the molecule is CCC1CCCCN1CCCNC(=O)c1ccc(NC(=O)N2CCSc3nc(C)cc(C)c32)cc1. The number of carbonyl (C=O) groups is 2. The number of nitrogens with one attached hydrogen (secondary N) is 2. The molecule has 2 aliphatic rings. The van der Waals surface area contributed by atoms with Crippen LogP contribution in [0.1, 0.15) is 60.6 Å². The van der Waals surface area contributed by atoms with Crippen molar-refractivity contribution in [2.24, 2.45) is 0 Å². The van der Waals surface area contributed by atoms with E-state index in [-0.39, 0.29) is 11.9 Å². The van der Waals surface area contributed by atoms with E-state index in [2.05, 4.69) is 27.4 Å². The van der Waals surface area contributed by atoms with Crippen LogP contribution >= 0.6 is 11.8 Å². The van der Waals surface area contributed by atoms with Gasteiger partial charge in [-0.2, -0.15) is 0 Å². The van der Waals surface area contributed by atoms with Crippen LogP contribution < -0.4 is 15.5 Å². The molecule has 0 saturated carbocycles. The van der Waals surface area contributed by atoms with Crippen molar-refractivity contribution in [2.45, 2.75) is 63.9 Å². The lowest BCUT2D eigenvalue weighted by atomic mass is 10.00. The van der Waals surface area contributed by atoms with E-state index in [1.54, 1.807) is 40.9 Å². The summed E-state index contributed by atoms with van der Waals surface area (Å²) in [5, 5.41) is 6.91. The number of hydrogen-bond donors (Lipinski definition) is 2. The molecule has 0 radical (unpaired) electrons. The van der Waals surface area contributed by atoms with Gasteiger partial charge in [0, 0.05) is 48.4 Å². The van der Waals surface area contributed by atoms with E-state index >= 15 is 0 Å². The lowest BCUT2D eigenvalue weighted by Gasteiger charge is -2.35. The van der Waals surface area contributed by atoms with Crippen molar-refractivity contribution in [3.05, 3.63) is 47.2 Å². The first-order valence-electron chi connectivity index (χ1n) is 12.8. The molecule has 4 rings (SSSR count). The summed E-state index contributed by atoms with van der Waals surface area (Å²) in [6, 6.07) is 9.62. The number of carbonyl (C=O) groups excluding carboxylic acids is 2. The summed E-state index contributed by atoms with van der Waals surface area (Å²) in [5.74, 6) is 0.736. The fourth-order valence-corrected chi connectivity index (χ4v) is 6.16. The quantitative estimate of drug-likeness (QED) is 0.515. The first-order valence-corrected chi connectivity index (χ1v) is 13.8. The summed E-state index contributed by atoms with van der Waals surface area (Å²) in [5.41, 5.74) is 4.16. The normalized spacial score (nSPS) is 18.1. The van der Waals surface area contributed by atoms with Gasteiger partial charge in [-0.1, -0.05) is 13.3 Å². The first kappa shape index (κ1) is 25.5. The van der Waals surface area contributed by atoms with Crippen molar-refractivity contribution in [1.29, 1.82) is 0 Å². The van der Waals surface area contributed by atoms with Crippen LogP contribution in [-0.2, 0) is 0 Å². The summed E-state index contributed by atoms with van der Waals surface area (Å²) in [7, 11) is 0. The molecule has 1 atom stereocenters. The lowest BCUT2D eigenvalue weighted by Crippen LogP contribution is -2.40. The molecule has 0 spiro atoms. The maximum atomic E-state index is 13.0. The van der Waals surface area contributed by atoms with E-state index in [0.29, 0.717) is 30.4 Å². The van der Waals surface area contributed by atoms with E-state index in [0.717, 1.165) is 40.7 Å². The molecule has 8 heteroatoms. The number of likely N-dealkylation sites (tertiary alicyclic amines) is 1. The molecule has 2 aliphatic heterocycles. The molecular formula is C27H37N5O2S. The maximum Gasteiger partial charge on any atom is 0.326 e. The van der Waals surface area contributed by atoms with Crippen LogP contribution in [0.5, 0.6) is 0 Å². The van der Waals surface area contributed by atoms with Gasteiger partial charge in [0.1, 0.15) is 5.03 Å². The zero-order valence-corrected chi connectivity index (χ0v) is 21.9. The Morgan fingerprint density at radius 2 is 1.94 bits per heavy atom. The highest BCUT2D eigenvalue weighted by Gasteiger charge is 2.26. The average molecular weight is 496 g/mol. The Balaban J connectivity index is 1.28. The number of anilines is 2. The van der Waals surface area contributed by atoms with Gasteiger partial charge in [0.2, 0.25) is 0 Å². The number of hydrogen-bond acceptors (Lipinski definition) is 5. The second-order valence-electron chi connectivity index (χ2n) is 9.45. The van der Waals surface area contributed by atoms with Crippen molar-refractivity contribution < 1.29 is 9.59 Å². The summed E-state index contributed by atoms with van der Waals surface area (Å²) in [6.45, 7) is 9.77. The third-order valence-corrected chi connectivity index (χ3v) is 7.82. The van der Waals surface area contributed by atoms with Crippen LogP contribution in [0.25, 0.3) is 0 Å². The predicted molar refractivity (Wildman–Crippen MR) is 144 cm³/mol. The highest BCUT2D eigenvalue weighted by atomic mass is 32.2. The number of nitrogens with zero attached hydrogens (tertiary/aromatic N) is 3. The minimum absolute atomic E-state index is 0.0763. The number of aromatic nitrogens is 1. The first-order chi connectivity index (χ1) is 17.0.